The van der Waals surface area contributed by atoms with Gasteiger partial charge in [0.25, 0.3) is 11.8 Å². The fourth-order valence-corrected chi connectivity index (χ4v) is 3.35. The van der Waals surface area contributed by atoms with E-state index in [1.807, 2.05) is 11.8 Å². The summed E-state index contributed by atoms with van der Waals surface area (Å²) in [4.78, 5) is 26.7. The van der Waals surface area contributed by atoms with Crippen LogP contribution in [0.5, 0.6) is 5.75 Å². The summed E-state index contributed by atoms with van der Waals surface area (Å²) in [6.45, 7) is 3.34. The van der Waals surface area contributed by atoms with Crippen molar-refractivity contribution in [2.75, 3.05) is 25.0 Å². The predicted octanol–water partition coefficient (Wildman–Crippen LogP) is 4.29. The molecule has 1 saturated heterocycles. The Bertz CT molecular complexity index is 832. The molecule has 142 valence electrons. The molecule has 1 fully saturated rings. The van der Waals surface area contributed by atoms with Gasteiger partial charge in [-0.15, -0.1) is 0 Å². The van der Waals surface area contributed by atoms with Gasteiger partial charge in [0.15, 0.2) is 6.61 Å². The molecule has 5 nitrogen and oxygen atoms in total. The highest BCUT2D eigenvalue weighted by molar-refractivity contribution is 6.30. The molecule has 27 heavy (non-hydrogen) atoms. The molecule has 1 aliphatic heterocycles. The van der Waals surface area contributed by atoms with Gasteiger partial charge < -0.3 is 15.0 Å². The Morgan fingerprint density at radius 2 is 1.89 bits per heavy atom. The SMILES string of the molecule is Cc1cc(Cl)ccc1OCC(=O)Nc1cccc(C(=O)N2CCCCC2)c1. The van der Waals surface area contributed by atoms with E-state index < -0.39 is 0 Å². The maximum atomic E-state index is 12.6. The van der Waals surface area contributed by atoms with Crippen LogP contribution in [0.4, 0.5) is 5.69 Å². The predicted molar refractivity (Wildman–Crippen MR) is 107 cm³/mol. The molecule has 0 saturated carbocycles. The van der Waals surface area contributed by atoms with Gasteiger partial charge in [0.05, 0.1) is 0 Å². The van der Waals surface area contributed by atoms with Gasteiger partial charge in [-0.05, 0) is 68.1 Å². The third-order valence-electron chi connectivity index (χ3n) is 4.53. The number of carbonyl (C=O) groups excluding carboxylic acids is 2. The largest absolute Gasteiger partial charge is 0.483 e. The number of aryl methyl sites for hydroxylation is 1. The van der Waals surface area contributed by atoms with Gasteiger partial charge in [-0.3, -0.25) is 9.59 Å². The van der Waals surface area contributed by atoms with E-state index >= 15 is 0 Å². The average molecular weight is 387 g/mol. The van der Waals surface area contributed by atoms with Gasteiger partial charge in [0.2, 0.25) is 0 Å². The summed E-state index contributed by atoms with van der Waals surface area (Å²) < 4.78 is 5.55. The molecule has 0 unspecified atom stereocenters. The minimum atomic E-state index is -0.285. The van der Waals surface area contributed by atoms with Crippen molar-refractivity contribution in [3.63, 3.8) is 0 Å². The molecule has 0 spiro atoms. The first kappa shape index (κ1) is 19.2. The van der Waals surface area contributed by atoms with Crippen molar-refractivity contribution in [1.82, 2.24) is 4.90 Å². The Balaban J connectivity index is 1.58. The summed E-state index contributed by atoms with van der Waals surface area (Å²) in [6.07, 6.45) is 3.26. The Morgan fingerprint density at radius 3 is 2.63 bits per heavy atom. The minimum Gasteiger partial charge on any atom is -0.483 e. The number of nitrogens with one attached hydrogen (secondary N) is 1. The highest BCUT2D eigenvalue weighted by Crippen LogP contribution is 2.22. The number of hydrogen-bond acceptors (Lipinski definition) is 3. The van der Waals surface area contributed by atoms with E-state index in [0.717, 1.165) is 31.5 Å². The number of benzene rings is 2. The van der Waals surface area contributed by atoms with Crippen LogP contribution in [0.2, 0.25) is 5.02 Å². The van der Waals surface area contributed by atoms with Crippen LogP contribution in [0, 0.1) is 6.92 Å². The molecule has 2 amide bonds. The van der Waals surface area contributed by atoms with Crippen molar-refractivity contribution in [1.29, 1.82) is 0 Å². The van der Waals surface area contributed by atoms with Crippen LogP contribution >= 0.6 is 11.6 Å². The van der Waals surface area contributed by atoms with E-state index in [1.165, 1.54) is 6.42 Å². The maximum absolute atomic E-state index is 12.6. The second-order valence-electron chi connectivity index (χ2n) is 6.68. The zero-order valence-corrected chi connectivity index (χ0v) is 16.1. The molecule has 0 aliphatic carbocycles. The third kappa shape index (κ3) is 5.23. The monoisotopic (exact) mass is 386 g/mol. The van der Waals surface area contributed by atoms with Crippen LogP contribution in [-0.4, -0.2) is 36.4 Å². The second-order valence-corrected chi connectivity index (χ2v) is 7.12. The number of piperidine rings is 1. The number of nitrogens with zero attached hydrogens (tertiary/aromatic N) is 1. The maximum Gasteiger partial charge on any atom is 0.262 e. The smallest absolute Gasteiger partial charge is 0.262 e. The summed E-state index contributed by atoms with van der Waals surface area (Å²) in [6, 6.07) is 12.3. The Kier molecular flexibility index (Phi) is 6.35. The Hall–Kier alpha value is -2.53. The lowest BCUT2D eigenvalue weighted by atomic mass is 10.1. The number of likely N-dealkylation sites (tertiary alicyclic amines) is 1. The number of hydrogen-bond donors (Lipinski definition) is 1. The molecule has 0 atom stereocenters. The first-order valence-electron chi connectivity index (χ1n) is 9.11. The van der Waals surface area contributed by atoms with Crippen LogP contribution in [0.25, 0.3) is 0 Å². The zero-order valence-electron chi connectivity index (χ0n) is 15.3. The second kappa shape index (κ2) is 8.91. The normalized spacial score (nSPS) is 13.9. The molecule has 3 rings (SSSR count). The van der Waals surface area contributed by atoms with E-state index in [1.54, 1.807) is 42.5 Å². The summed E-state index contributed by atoms with van der Waals surface area (Å²) in [5.74, 6) is 0.342. The Morgan fingerprint density at radius 1 is 1.11 bits per heavy atom. The van der Waals surface area contributed by atoms with Crippen molar-refractivity contribution in [2.24, 2.45) is 0 Å². The summed E-state index contributed by atoms with van der Waals surface area (Å²) in [5, 5.41) is 3.40. The zero-order chi connectivity index (χ0) is 19.2. The van der Waals surface area contributed by atoms with Crippen LogP contribution in [0.3, 0.4) is 0 Å². The molecule has 2 aromatic carbocycles. The number of ether oxygens (including phenoxy) is 1. The first-order chi connectivity index (χ1) is 13.0. The van der Waals surface area contributed by atoms with Crippen LogP contribution in [0.15, 0.2) is 42.5 Å². The molecule has 0 radical (unpaired) electrons. The number of rotatable bonds is 5. The molecule has 1 aliphatic rings. The van der Waals surface area contributed by atoms with Crippen molar-refractivity contribution >= 4 is 29.1 Å². The van der Waals surface area contributed by atoms with Crippen molar-refractivity contribution in [3.8, 4) is 5.75 Å². The van der Waals surface area contributed by atoms with Gasteiger partial charge >= 0.3 is 0 Å². The third-order valence-corrected chi connectivity index (χ3v) is 4.77. The standard InChI is InChI=1S/C21H23ClN2O3/c1-15-12-17(22)8-9-19(15)27-14-20(25)23-18-7-5-6-16(13-18)21(26)24-10-3-2-4-11-24/h5-9,12-13H,2-4,10-11,14H2,1H3,(H,23,25). The average Bonchev–Trinajstić information content (AvgIpc) is 2.67. The van der Waals surface area contributed by atoms with E-state index in [4.69, 9.17) is 16.3 Å². The number of anilines is 1. The van der Waals surface area contributed by atoms with Crippen LogP contribution in [-0.2, 0) is 4.79 Å². The molecule has 6 heteroatoms. The number of carbonyl (C=O) groups is 2. The first-order valence-corrected chi connectivity index (χ1v) is 9.49. The molecular formula is C21H23ClN2O3. The topological polar surface area (TPSA) is 58.6 Å². The quantitative estimate of drug-likeness (QED) is 0.833. The molecule has 2 aromatic rings. The Labute approximate surface area is 164 Å². The summed E-state index contributed by atoms with van der Waals surface area (Å²) in [5.41, 5.74) is 2.04. The van der Waals surface area contributed by atoms with Crippen molar-refractivity contribution < 1.29 is 14.3 Å². The number of amides is 2. The lowest BCUT2D eigenvalue weighted by Crippen LogP contribution is -2.35. The van der Waals surface area contributed by atoms with Gasteiger partial charge in [-0.1, -0.05) is 17.7 Å². The van der Waals surface area contributed by atoms with Crippen LogP contribution in [0.1, 0.15) is 35.2 Å². The fourth-order valence-electron chi connectivity index (χ4n) is 3.12. The van der Waals surface area contributed by atoms with E-state index in [-0.39, 0.29) is 18.4 Å². The van der Waals surface area contributed by atoms with Gasteiger partial charge in [0, 0.05) is 29.4 Å². The molecular weight excluding hydrogens is 364 g/mol. The van der Waals surface area contributed by atoms with Gasteiger partial charge in [0.1, 0.15) is 5.75 Å². The van der Waals surface area contributed by atoms with Gasteiger partial charge in [-0.25, -0.2) is 0 Å². The highest BCUT2D eigenvalue weighted by atomic mass is 35.5. The fraction of sp³-hybridized carbons (Fsp3) is 0.333. The molecule has 1 heterocycles. The van der Waals surface area contributed by atoms with Gasteiger partial charge in [-0.2, -0.15) is 0 Å². The molecule has 0 bridgehead atoms. The van der Waals surface area contributed by atoms with E-state index in [9.17, 15) is 9.59 Å². The summed E-state index contributed by atoms with van der Waals surface area (Å²) in [7, 11) is 0. The molecule has 0 aromatic heterocycles. The summed E-state index contributed by atoms with van der Waals surface area (Å²) >= 11 is 5.92. The minimum absolute atomic E-state index is 0.0128. The van der Waals surface area contributed by atoms with E-state index in [0.29, 0.717) is 22.0 Å². The van der Waals surface area contributed by atoms with E-state index in [2.05, 4.69) is 5.32 Å². The highest BCUT2D eigenvalue weighted by Gasteiger charge is 2.18. The lowest BCUT2D eigenvalue weighted by molar-refractivity contribution is -0.118. The van der Waals surface area contributed by atoms with Crippen LogP contribution < -0.4 is 10.1 Å². The molecule has 1 N–H and O–H groups in total. The number of halogens is 1. The van der Waals surface area contributed by atoms with Crippen molar-refractivity contribution in [2.45, 2.75) is 26.2 Å². The van der Waals surface area contributed by atoms with Crippen molar-refractivity contribution in [3.05, 3.63) is 58.6 Å². The lowest BCUT2D eigenvalue weighted by Gasteiger charge is -2.26.